The molecule has 0 aliphatic carbocycles. The third kappa shape index (κ3) is 3.89. The summed E-state index contributed by atoms with van der Waals surface area (Å²) in [5.74, 6) is -1.58. The molecule has 3 aromatic rings. The normalized spacial score (nSPS) is 19.8. The molecule has 190 valence electrons. The number of hydrogen-bond donors (Lipinski definition) is 2. The topological polar surface area (TPSA) is 105 Å². The summed E-state index contributed by atoms with van der Waals surface area (Å²) in [7, 11) is 3.07. The number of nitrogens with one attached hydrogen (secondary N) is 1. The number of hydrogen-bond acceptors (Lipinski definition) is 5. The number of nitrogens with zero attached hydrogens (tertiary/aromatic N) is 1. The van der Waals surface area contributed by atoms with Crippen molar-refractivity contribution in [1.29, 1.82) is 0 Å². The van der Waals surface area contributed by atoms with E-state index in [9.17, 15) is 19.5 Å². The van der Waals surface area contributed by atoms with E-state index in [-0.39, 0.29) is 24.8 Å². The number of rotatable bonds is 7. The zero-order valence-electron chi connectivity index (χ0n) is 20.7. The molecule has 8 nitrogen and oxygen atoms in total. The van der Waals surface area contributed by atoms with Crippen LogP contribution in [0.3, 0.4) is 0 Å². The molecule has 5 rings (SSSR count). The van der Waals surface area contributed by atoms with Crippen molar-refractivity contribution in [2.24, 2.45) is 0 Å². The summed E-state index contributed by atoms with van der Waals surface area (Å²) in [6.45, 7) is 0.503. The fraction of sp³-hybridized carbons (Fsp3) is 0.276. The lowest BCUT2D eigenvalue weighted by molar-refractivity contribution is -0.144. The van der Waals surface area contributed by atoms with Crippen LogP contribution in [0.25, 0.3) is 0 Å². The molecule has 2 aliphatic heterocycles. The van der Waals surface area contributed by atoms with Crippen LogP contribution in [0.1, 0.15) is 49.7 Å². The molecular formula is C29H28N2O6. The summed E-state index contributed by atoms with van der Waals surface area (Å²) in [5, 5.41) is 13.6. The highest BCUT2D eigenvalue weighted by molar-refractivity contribution is 6.01. The van der Waals surface area contributed by atoms with Crippen molar-refractivity contribution in [3.05, 3.63) is 94.5 Å². The summed E-state index contributed by atoms with van der Waals surface area (Å²) in [6, 6.07) is 19.4. The van der Waals surface area contributed by atoms with Crippen molar-refractivity contribution in [2.45, 2.75) is 24.3 Å². The van der Waals surface area contributed by atoms with E-state index in [1.165, 1.54) is 7.11 Å². The Hall–Kier alpha value is -4.33. The van der Waals surface area contributed by atoms with E-state index in [4.69, 9.17) is 9.47 Å². The van der Waals surface area contributed by atoms with Crippen LogP contribution >= 0.6 is 0 Å². The molecule has 0 saturated carbocycles. The van der Waals surface area contributed by atoms with Gasteiger partial charge in [0.25, 0.3) is 11.8 Å². The number of aliphatic carboxylic acids is 1. The Morgan fingerprint density at radius 2 is 1.70 bits per heavy atom. The summed E-state index contributed by atoms with van der Waals surface area (Å²) in [5.41, 5.74) is 1.71. The lowest BCUT2D eigenvalue weighted by Gasteiger charge is -2.54. The first-order chi connectivity index (χ1) is 17.9. The molecule has 8 heteroatoms. The molecule has 37 heavy (non-hydrogen) atoms. The third-order valence-corrected chi connectivity index (χ3v) is 7.46. The molecule has 2 N–H and O–H groups in total. The summed E-state index contributed by atoms with van der Waals surface area (Å²) < 4.78 is 11.1. The first kappa shape index (κ1) is 24.4. The van der Waals surface area contributed by atoms with Gasteiger partial charge in [0, 0.05) is 24.2 Å². The van der Waals surface area contributed by atoms with Gasteiger partial charge < -0.3 is 24.8 Å². The molecule has 2 heterocycles. The summed E-state index contributed by atoms with van der Waals surface area (Å²) >= 11 is 0. The number of amides is 2. The van der Waals surface area contributed by atoms with Crippen LogP contribution < -0.4 is 14.8 Å². The number of carbonyl (C=O) groups is 3. The minimum Gasteiger partial charge on any atom is -0.493 e. The minimum absolute atomic E-state index is 0.164. The van der Waals surface area contributed by atoms with Crippen LogP contribution in [-0.2, 0) is 16.8 Å². The highest BCUT2D eigenvalue weighted by Crippen LogP contribution is 2.54. The Kier molecular flexibility index (Phi) is 6.33. The molecular weight excluding hydrogens is 472 g/mol. The second-order valence-electron chi connectivity index (χ2n) is 9.23. The van der Waals surface area contributed by atoms with E-state index in [2.05, 4.69) is 5.32 Å². The van der Waals surface area contributed by atoms with Gasteiger partial charge in [0.2, 0.25) is 0 Å². The summed E-state index contributed by atoms with van der Waals surface area (Å²) in [6.07, 6.45) is 0.735. The molecule has 2 amide bonds. The molecule has 0 unspecified atom stereocenters. The van der Waals surface area contributed by atoms with Crippen LogP contribution in [0.4, 0.5) is 0 Å². The van der Waals surface area contributed by atoms with E-state index in [0.717, 1.165) is 5.56 Å². The van der Waals surface area contributed by atoms with Crippen LogP contribution in [0, 0.1) is 0 Å². The Morgan fingerprint density at radius 1 is 1.03 bits per heavy atom. The van der Waals surface area contributed by atoms with Gasteiger partial charge in [0.05, 0.1) is 19.8 Å². The van der Waals surface area contributed by atoms with E-state index >= 15 is 0 Å². The number of fused-ring (bicyclic) bond motifs is 4. The lowest BCUT2D eigenvalue weighted by atomic mass is 9.64. The van der Waals surface area contributed by atoms with Crippen LogP contribution in [0.15, 0.2) is 66.7 Å². The fourth-order valence-corrected chi connectivity index (χ4v) is 5.86. The fourth-order valence-electron chi connectivity index (χ4n) is 5.86. The number of carboxylic acid groups (broad SMARTS) is 1. The zero-order valence-corrected chi connectivity index (χ0v) is 20.7. The quantitative estimate of drug-likeness (QED) is 0.514. The van der Waals surface area contributed by atoms with Crippen molar-refractivity contribution >= 4 is 17.8 Å². The van der Waals surface area contributed by atoms with Gasteiger partial charge in [-0.2, -0.15) is 0 Å². The maximum Gasteiger partial charge on any atom is 0.313 e. The SMILES string of the molecule is COc1cc2c(cc1OC)[C@@]1(CCNC(=O)c3ccccc3)[C@H](C(=O)O)c3ccccc3C(=O)N1CC2. The van der Waals surface area contributed by atoms with E-state index < -0.39 is 17.4 Å². The average Bonchev–Trinajstić information content (AvgIpc) is 2.92. The highest BCUT2D eigenvalue weighted by atomic mass is 16.5. The predicted octanol–water partition coefficient (Wildman–Crippen LogP) is 3.60. The minimum atomic E-state index is -1.24. The monoisotopic (exact) mass is 500 g/mol. The molecule has 0 radical (unpaired) electrons. The van der Waals surface area contributed by atoms with Gasteiger partial charge in [0.15, 0.2) is 11.5 Å². The largest absolute Gasteiger partial charge is 0.493 e. The van der Waals surface area contributed by atoms with Crippen LogP contribution in [0.5, 0.6) is 11.5 Å². The Labute approximate surface area is 214 Å². The molecule has 0 bridgehead atoms. The van der Waals surface area contributed by atoms with Gasteiger partial charge >= 0.3 is 5.97 Å². The number of carboxylic acids is 1. The second kappa shape index (κ2) is 9.61. The first-order valence-corrected chi connectivity index (χ1v) is 12.1. The molecule has 0 aromatic heterocycles. The predicted molar refractivity (Wildman–Crippen MR) is 136 cm³/mol. The van der Waals surface area contributed by atoms with Crippen LogP contribution in [0.2, 0.25) is 0 Å². The smallest absolute Gasteiger partial charge is 0.313 e. The van der Waals surface area contributed by atoms with Gasteiger partial charge in [-0.15, -0.1) is 0 Å². The van der Waals surface area contributed by atoms with Crippen molar-refractivity contribution in [2.75, 3.05) is 27.3 Å². The van der Waals surface area contributed by atoms with E-state index in [0.29, 0.717) is 46.7 Å². The van der Waals surface area contributed by atoms with Crippen molar-refractivity contribution < 1.29 is 29.0 Å². The Balaban J connectivity index is 1.66. The zero-order chi connectivity index (χ0) is 26.2. The molecule has 2 aliphatic rings. The molecule has 3 aromatic carbocycles. The third-order valence-electron chi connectivity index (χ3n) is 7.46. The number of carbonyl (C=O) groups excluding carboxylic acids is 2. The Bertz CT molecular complexity index is 1370. The average molecular weight is 501 g/mol. The van der Waals surface area contributed by atoms with Gasteiger partial charge in [-0.05, 0) is 59.9 Å². The Morgan fingerprint density at radius 3 is 2.41 bits per heavy atom. The van der Waals surface area contributed by atoms with Crippen molar-refractivity contribution in [3.63, 3.8) is 0 Å². The number of ether oxygens (including phenoxy) is 2. The first-order valence-electron chi connectivity index (χ1n) is 12.1. The maximum absolute atomic E-state index is 13.8. The van der Waals surface area contributed by atoms with E-state index in [1.54, 1.807) is 66.6 Å². The summed E-state index contributed by atoms with van der Waals surface area (Å²) in [4.78, 5) is 41.3. The second-order valence-corrected chi connectivity index (χ2v) is 9.23. The lowest BCUT2D eigenvalue weighted by Crippen LogP contribution is -2.61. The molecule has 0 saturated heterocycles. The standard InChI is InChI=1S/C29H28N2O6/c1-36-23-16-19-12-15-31-27(33)21-11-7-6-10-20(21)25(28(34)35)29(31,22(19)17-24(23)37-2)13-14-30-26(32)18-8-4-3-5-9-18/h3-11,16-17,25H,12-15H2,1-2H3,(H,30,32)(H,34,35)/t25-,29-/m0/s1. The van der Waals surface area contributed by atoms with E-state index in [1.807, 2.05) is 12.1 Å². The number of benzene rings is 3. The molecule has 0 spiro atoms. The molecule has 2 atom stereocenters. The maximum atomic E-state index is 13.8. The van der Waals surface area contributed by atoms with Crippen LogP contribution in [-0.4, -0.2) is 55.1 Å². The van der Waals surface area contributed by atoms with Gasteiger partial charge in [-0.1, -0.05) is 36.4 Å². The van der Waals surface area contributed by atoms with Crippen molar-refractivity contribution in [1.82, 2.24) is 10.2 Å². The van der Waals surface area contributed by atoms with Gasteiger partial charge in [-0.25, -0.2) is 0 Å². The van der Waals surface area contributed by atoms with Gasteiger partial charge in [-0.3, -0.25) is 14.4 Å². The van der Waals surface area contributed by atoms with Crippen molar-refractivity contribution in [3.8, 4) is 11.5 Å². The molecule has 0 fully saturated rings. The number of methoxy groups -OCH3 is 2. The highest BCUT2D eigenvalue weighted by Gasteiger charge is 2.57. The van der Waals surface area contributed by atoms with Gasteiger partial charge in [0.1, 0.15) is 5.92 Å².